The second-order valence-electron chi connectivity index (χ2n) is 4.14. The van der Waals surface area contributed by atoms with E-state index < -0.39 is 4.92 Å². The van der Waals surface area contributed by atoms with E-state index in [-0.39, 0.29) is 10.7 Å². The molecule has 0 aliphatic heterocycles. The number of nitro groups is 1. The zero-order valence-electron chi connectivity index (χ0n) is 9.61. The fraction of sp³-hybridized carbons (Fsp3) is 0.455. The summed E-state index contributed by atoms with van der Waals surface area (Å²) in [6.07, 6.45) is 0. The number of benzene rings is 1. The molecule has 0 heterocycles. The van der Waals surface area contributed by atoms with E-state index in [1.807, 2.05) is 11.9 Å². The van der Waals surface area contributed by atoms with Gasteiger partial charge in [-0.3, -0.25) is 10.1 Å². The Kier molecular flexibility index (Phi) is 4.12. The van der Waals surface area contributed by atoms with Gasteiger partial charge < -0.3 is 4.90 Å². The maximum Gasteiger partial charge on any atom is 0.310 e. The van der Waals surface area contributed by atoms with Crippen molar-refractivity contribution in [2.24, 2.45) is 5.92 Å². The highest BCUT2D eigenvalue weighted by atomic mass is 35.5. The fourth-order valence-electron chi connectivity index (χ4n) is 1.64. The lowest BCUT2D eigenvalue weighted by Gasteiger charge is -2.21. The normalized spacial score (nSPS) is 10.6. The summed E-state index contributed by atoms with van der Waals surface area (Å²) in [6.45, 7) is 4.88. The summed E-state index contributed by atoms with van der Waals surface area (Å²) in [5.41, 5.74) is 0.540. The summed E-state index contributed by atoms with van der Waals surface area (Å²) < 4.78 is 0. The van der Waals surface area contributed by atoms with Crippen molar-refractivity contribution in [1.82, 2.24) is 0 Å². The van der Waals surface area contributed by atoms with E-state index >= 15 is 0 Å². The molecule has 16 heavy (non-hydrogen) atoms. The molecule has 0 aromatic heterocycles. The van der Waals surface area contributed by atoms with Crippen LogP contribution in [-0.4, -0.2) is 18.5 Å². The van der Waals surface area contributed by atoms with Crippen molar-refractivity contribution in [3.05, 3.63) is 33.3 Å². The molecular weight excluding hydrogens is 228 g/mol. The summed E-state index contributed by atoms with van der Waals surface area (Å²) in [6, 6.07) is 4.97. The molecule has 0 N–H and O–H groups in total. The maximum absolute atomic E-state index is 10.9. The van der Waals surface area contributed by atoms with E-state index in [0.717, 1.165) is 6.54 Å². The second-order valence-corrected chi connectivity index (χ2v) is 4.55. The van der Waals surface area contributed by atoms with Crippen molar-refractivity contribution in [3.63, 3.8) is 0 Å². The first kappa shape index (κ1) is 12.8. The van der Waals surface area contributed by atoms with Crippen LogP contribution < -0.4 is 4.90 Å². The Labute approximate surface area is 100.0 Å². The molecule has 0 bridgehead atoms. The SMILES string of the molecule is CC(C)CN(C)c1cccc(Cl)c1[N+](=O)[O-]. The van der Waals surface area contributed by atoms with Crippen LogP contribution in [0, 0.1) is 16.0 Å². The van der Waals surface area contributed by atoms with Gasteiger partial charge in [-0.2, -0.15) is 0 Å². The Morgan fingerprint density at radius 3 is 2.62 bits per heavy atom. The highest BCUT2D eigenvalue weighted by molar-refractivity contribution is 6.33. The molecule has 4 nitrogen and oxygen atoms in total. The molecule has 0 saturated carbocycles. The number of hydrogen-bond acceptors (Lipinski definition) is 3. The second kappa shape index (κ2) is 5.16. The lowest BCUT2D eigenvalue weighted by atomic mass is 10.2. The van der Waals surface area contributed by atoms with Gasteiger partial charge >= 0.3 is 5.69 Å². The Hall–Kier alpha value is -1.29. The van der Waals surface area contributed by atoms with Crippen LogP contribution in [0.1, 0.15) is 13.8 Å². The third kappa shape index (κ3) is 2.85. The van der Waals surface area contributed by atoms with Gasteiger partial charge in [-0.05, 0) is 18.1 Å². The first-order valence-corrected chi connectivity index (χ1v) is 5.45. The van der Waals surface area contributed by atoms with Crippen LogP contribution in [0.3, 0.4) is 0 Å². The lowest BCUT2D eigenvalue weighted by molar-refractivity contribution is -0.384. The van der Waals surface area contributed by atoms with E-state index in [2.05, 4.69) is 13.8 Å². The van der Waals surface area contributed by atoms with Gasteiger partial charge in [0.2, 0.25) is 0 Å². The Balaban J connectivity index is 3.12. The van der Waals surface area contributed by atoms with Crippen LogP contribution in [0.25, 0.3) is 0 Å². The predicted molar refractivity (Wildman–Crippen MR) is 66.2 cm³/mol. The molecule has 0 unspecified atom stereocenters. The largest absolute Gasteiger partial charge is 0.369 e. The number of rotatable bonds is 4. The van der Waals surface area contributed by atoms with Crippen LogP contribution in [0.15, 0.2) is 18.2 Å². The molecular formula is C11H15ClN2O2. The van der Waals surface area contributed by atoms with Crippen molar-refractivity contribution in [2.75, 3.05) is 18.5 Å². The molecule has 0 radical (unpaired) electrons. The van der Waals surface area contributed by atoms with E-state index in [0.29, 0.717) is 11.6 Å². The topological polar surface area (TPSA) is 46.4 Å². The standard InChI is InChI=1S/C11H15ClN2O2/c1-8(2)7-13(3)10-6-4-5-9(12)11(10)14(15)16/h4-6,8H,7H2,1-3H3. The van der Waals surface area contributed by atoms with Crippen LogP contribution >= 0.6 is 11.6 Å². The molecule has 0 aliphatic rings. The minimum Gasteiger partial charge on any atom is -0.369 e. The molecule has 0 aliphatic carbocycles. The van der Waals surface area contributed by atoms with Gasteiger partial charge in [0.1, 0.15) is 10.7 Å². The fourth-order valence-corrected chi connectivity index (χ4v) is 1.88. The Morgan fingerprint density at radius 2 is 2.12 bits per heavy atom. The minimum atomic E-state index is -0.436. The first-order valence-electron chi connectivity index (χ1n) is 5.07. The van der Waals surface area contributed by atoms with Crippen LogP contribution in [0.2, 0.25) is 5.02 Å². The Morgan fingerprint density at radius 1 is 1.50 bits per heavy atom. The quantitative estimate of drug-likeness (QED) is 0.601. The molecule has 0 amide bonds. The molecule has 1 rings (SSSR count). The molecule has 0 spiro atoms. The summed E-state index contributed by atoms with van der Waals surface area (Å²) in [5, 5.41) is 11.1. The number of hydrogen-bond donors (Lipinski definition) is 0. The van der Waals surface area contributed by atoms with Gasteiger partial charge in [0, 0.05) is 13.6 Å². The molecule has 1 aromatic rings. The number of nitro benzene ring substituents is 1. The van der Waals surface area contributed by atoms with Gasteiger partial charge in [-0.15, -0.1) is 0 Å². The average molecular weight is 243 g/mol. The third-order valence-corrected chi connectivity index (χ3v) is 2.50. The van der Waals surface area contributed by atoms with Gasteiger partial charge in [-0.25, -0.2) is 0 Å². The van der Waals surface area contributed by atoms with E-state index in [4.69, 9.17) is 11.6 Å². The average Bonchev–Trinajstić information content (AvgIpc) is 2.15. The van der Waals surface area contributed by atoms with Gasteiger partial charge in [-0.1, -0.05) is 31.5 Å². The number of anilines is 1. The van der Waals surface area contributed by atoms with Crippen LogP contribution in [0.4, 0.5) is 11.4 Å². The van der Waals surface area contributed by atoms with Crippen molar-refractivity contribution in [2.45, 2.75) is 13.8 Å². The zero-order chi connectivity index (χ0) is 12.3. The Bertz CT molecular complexity index is 394. The molecule has 5 heteroatoms. The van der Waals surface area contributed by atoms with E-state index in [1.165, 1.54) is 6.07 Å². The van der Waals surface area contributed by atoms with E-state index in [1.54, 1.807) is 12.1 Å². The van der Waals surface area contributed by atoms with Gasteiger partial charge in [0.05, 0.1) is 4.92 Å². The minimum absolute atomic E-state index is 0.0210. The number of halogens is 1. The molecule has 88 valence electrons. The maximum atomic E-state index is 10.9. The van der Waals surface area contributed by atoms with Crippen molar-refractivity contribution in [3.8, 4) is 0 Å². The molecule has 1 aromatic carbocycles. The van der Waals surface area contributed by atoms with Crippen molar-refractivity contribution >= 4 is 23.0 Å². The smallest absolute Gasteiger partial charge is 0.310 e. The summed E-state index contributed by atoms with van der Waals surface area (Å²) >= 11 is 5.84. The third-order valence-electron chi connectivity index (χ3n) is 2.20. The van der Waals surface area contributed by atoms with Crippen molar-refractivity contribution in [1.29, 1.82) is 0 Å². The molecule has 0 fully saturated rings. The number of nitrogens with zero attached hydrogens (tertiary/aromatic N) is 2. The highest BCUT2D eigenvalue weighted by Gasteiger charge is 2.21. The van der Waals surface area contributed by atoms with Crippen LogP contribution in [0.5, 0.6) is 0 Å². The first-order chi connectivity index (χ1) is 7.43. The molecule has 0 atom stereocenters. The van der Waals surface area contributed by atoms with Crippen LogP contribution in [-0.2, 0) is 0 Å². The predicted octanol–water partition coefficient (Wildman–Crippen LogP) is 3.34. The van der Waals surface area contributed by atoms with E-state index in [9.17, 15) is 10.1 Å². The highest BCUT2D eigenvalue weighted by Crippen LogP contribution is 2.34. The number of para-hydroxylation sites is 1. The monoisotopic (exact) mass is 242 g/mol. The van der Waals surface area contributed by atoms with Gasteiger partial charge in [0.15, 0.2) is 0 Å². The molecule has 0 saturated heterocycles. The summed E-state index contributed by atoms with van der Waals surface area (Å²) in [4.78, 5) is 12.3. The van der Waals surface area contributed by atoms with Gasteiger partial charge in [0.25, 0.3) is 0 Å². The summed E-state index contributed by atoms with van der Waals surface area (Å²) in [5.74, 6) is 0.434. The zero-order valence-corrected chi connectivity index (χ0v) is 10.4. The summed E-state index contributed by atoms with van der Waals surface area (Å²) in [7, 11) is 1.83. The lowest BCUT2D eigenvalue weighted by Crippen LogP contribution is -2.23. The van der Waals surface area contributed by atoms with Crippen molar-refractivity contribution < 1.29 is 4.92 Å².